The number of hydrogen-bond acceptors (Lipinski definition) is 6. The van der Waals surface area contributed by atoms with Crippen LogP contribution in [0.15, 0.2) is 41.3 Å². The Morgan fingerprint density at radius 1 is 1.18 bits per heavy atom. The monoisotopic (exact) mass is 337 g/mol. The van der Waals surface area contributed by atoms with Gasteiger partial charge in [-0.15, -0.1) is 11.3 Å². The predicted octanol–water partition coefficient (Wildman–Crippen LogP) is 3.26. The molecule has 3 rings (SSSR count). The Bertz CT molecular complexity index is 949. The maximum Gasteiger partial charge on any atom is 0.296 e. The predicted molar refractivity (Wildman–Crippen MR) is 89.0 cm³/mol. The molecule has 0 atom stereocenters. The van der Waals surface area contributed by atoms with Crippen molar-refractivity contribution in [3.63, 3.8) is 0 Å². The molecular formula is C14H15N3O3S2. The highest BCUT2D eigenvalue weighted by atomic mass is 32.2. The summed E-state index contributed by atoms with van der Waals surface area (Å²) < 4.78 is 32.8. The molecule has 3 aromatic rings. The number of fused-ring (bicyclic) bond motifs is 1. The second-order valence-corrected chi connectivity index (χ2v) is 7.14. The number of thiazole rings is 1. The summed E-state index contributed by atoms with van der Waals surface area (Å²) in [7, 11) is -4.35. The molecule has 22 heavy (non-hydrogen) atoms. The third-order valence-electron chi connectivity index (χ3n) is 3.08. The fourth-order valence-electron chi connectivity index (χ4n) is 2.05. The summed E-state index contributed by atoms with van der Waals surface area (Å²) in [6.07, 6.45) is 0. The van der Waals surface area contributed by atoms with E-state index in [9.17, 15) is 13.0 Å². The number of rotatable bonds is 2. The van der Waals surface area contributed by atoms with Crippen molar-refractivity contribution >= 4 is 37.4 Å². The second kappa shape index (κ2) is 5.65. The number of aryl methyl sites for hydroxylation is 1. The van der Waals surface area contributed by atoms with Crippen molar-refractivity contribution in [3.05, 3.63) is 42.0 Å². The lowest BCUT2D eigenvalue weighted by Gasteiger charge is -2.04. The highest BCUT2D eigenvalue weighted by Gasteiger charge is 2.16. The lowest BCUT2D eigenvalue weighted by atomic mass is 10.2. The minimum absolute atomic E-state index is 0. The van der Waals surface area contributed by atoms with Crippen LogP contribution in [0.3, 0.4) is 0 Å². The summed E-state index contributed by atoms with van der Waals surface area (Å²) in [6, 6.07) is 10.4. The first-order valence-electron chi connectivity index (χ1n) is 6.09. The van der Waals surface area contributed by atoms with Gasteiger partial charge in [-0.2, -0.15) is 8.42 Å². The summed E-state index contributed by atoms with van der Waals surface area (Å²) in [5.41, 5.74) is 8.20. The van der Waals surface area contributed by atoms with Gasteiger partial charge in [0, 0.05) is 5.56 Å². The topological polar surface area (TPSA) is 128 Å². The number of benzene rings is 2. The number of nitrogen functional groups attached to an aromatic ring is 1. The van der Waals surface area contributed by atoms with Crippen LogP contribution in [-0.4, -0.2) is 18.0 Å². The largest absolute Gasteiger partial charge is 0.398 e. The summed E-state index contributed by atoms with van der Waals surface area (Å²) >= 11 is 1.46. The smallest absolute Gasteiger partial charge is 0.296 e. The van der Waals surface area contributed by atoms with Crippen molar-refractivity contribution in [3.8, 4) is 10.6 Å². The molecule has 116 valence electrons. The molecule has 0 spiro atoms. The maximum atomic E-state index is 11.3. The van der Waals surface area contributed by atoms with Gasteiger partial charge in [0.15, 0.2) is 0 Å². The molecule has 0 amide bonds. The Morgan fingerprint density at radius 2 is 1.91 bits per heavy atom. The number of aromatic nitrogens is 1. The van der Waals surface area contributed by atoms with Crippen LogP contribution in [0.1, 0.15) is 5.56 Å². The molecule has 1 heterocycles. The van der Waals surface area contributed by atoms with Gasteiger partial charge in [0.1, 0.15) is 9.90 Å². The lowest BCUT2D eigenvalue weighted by molar-refractivity contribution is 0.483. The van der Waals surface area contributed by atoms with Crippen LogP contribution in [0.25, 0.3) is 20.8 Å². The third kappa shape index (κ3) is 2.95. The first-order valence-corrected chi connectivity index (χ1v) is 8.35. The van der Waals surface area contributed by atoms with E-state index in [0.717, 1.165) is 15.8 Å². The molecule has 2 aromatic carbocycles. The molecule has 8 heteroatoms. The van der Waals surface area contributed by atoms with E-state index in [1.165, 1.54) is 23.5 Å². The molecule has 6 nitrogen and oxygen atoms in total. The van der Waals surface area contributed by atoms with E-state index in [1.54, 1.807) is 6.07 Å². The van der Waals surface area contributed by atoms with Gasteiger partial charge < -0.3 is 11.9 Å². The Balaban J connectivity index is 0.00000176. The Labute approximate surface area is 131 Å². The molecule has 0 aliphatic carbocycles. The van der Waals surface area contributed by atoms with Crippen molar-refractivity contribution in [2.24, 2.45) is 0 Å². The SMILES string of the molecule is Cc1ccc2nc(-c3ccc(N)c(S(=O)(=O)O)c3)sc2c1.N. The van der Waals surface area contributed by atoms with Crippen molar-refractivity contribution in [2.45, 2.75) is 11.8 Å². The lowest BCUT2D eigenvalue weighted by Crippen LogP contribution is -2.03. The van der Waals surface area contributed by atoms with Crippen molar-refractivity contribution in [2.75, 3.05) is 5.73 Å². The van der Waals surface area contributed by atoms with Crippen LogP contribution in [0.2, 0.25) is 0 Å². The fraction of sp³-hybridized carbons (Fsp3) is 0.0714. The average Bonchev–Trinajstić information content (AvgIpc) is 2.80. The molecule has 1 aromatic heterocycles. The zero-order chi connectivity index (χ0) is 15.2. The number of nitrogens with two attached hydrogens (primary N) is 1. The highest BCUT2D eigenvalue weighted by molar-refractivity contribution is 7.86. The molecule has 0 saturated carbocycles. The molecule has 0 saturated heterocycles. The van der Waals surface area contributed by atoms with E-state index >= 15 is 0 Å². The van der Waals surface area contributed by atoms with Crippen LogP contribution in [0.5, 0.6) is 0 Å². The summed E-state index contributed by atoms with van der Waals surface area (Å²) in [5.74, 6) is 0. The fourth-order valence-corrected chi connectivity index (χ4v) is 3.75. The van der Waals surface area contributed by atoms with E-state index in [0.29, 0.717) is 10.6 Å². The minimum Gasteiger partial charge on any atom is -0.398 e. The van der Waals surface area contributed by atoms with E-state index in [2.05, 4.69) is 4.98 Å². The third-order valence-corrected chi connectivity index (χ3v) is 5.06. The van der Waals surface area contributed by atoms with E-state index in [4.69, 9.17) is 5.73 Å². The van der Waals surface area contributed by atoms with Crippen LogP contribution >= 0.6 is 11.3 Å². The second-order valence-electron chi connectivity index (χ2n) is 4.72. The van der Waals surface area contributed by atoms with Gasteiger partial charge in [0.2, 0.25) is 0 Å². The average molecular weight is 337 g/mol. The van der Waals surface area contributed by atoms with E-state index < -0.39 is 10.1 Å². The van der Waals surface area contributed by atoms with E-state index in [1.807, 2.05) is 25.1 Å². The van der Waals surface area contributed by atoms with E-state index in [-0.39, 0.29) is 16.7 Å². The van der Waals surface area contributed by atoms with Gasteiger partial charge >= 0.3 is 0 Å². The van der Waals surface area contributed by atoms with Crippen LogP contribution in [0, 0.1) is 6.92 Å². The zero-order valence-electron chi connectivity index (χ0n) is 11.8. The number of hydrogen-bond donors (Lipinski definition) is 3. The van der Waals surface area contributed by atoms with Gasteiger partial charge in [-0.25, -0.2) is 4.98 Å². The molecule has 0 bridgehead atoms. The van der Waals surface area contributed by atoms with Gasteiger partial charge in [-0.1, -0.05) is 6.07 Å². The number of anilines is 1. The first-order chi connectivity index (χ1) is 9.84. The van der Waals surface area contributed by atoms with Gasteiger partial charge in [-0.05, 0) is 42.8 Å². The first kappa shape index (κ1) is 16.4. The van der Waals surface area contributed by atoms with Crippen molar-refractivity contribution < 1.29 is 13.0 Å². The standard InChI is InChI=1S/C14H12N2O3S2.H3N/c1-8-2-5-11-12(6-8)20-14(16-11)9-3-4-10(15)13(7-9)21(17,18)19;/h2-7H,15H2,1H3,(H,17,18,19);1H3. The Morgan fingerprint density at radius 3 is 2.59 bits per heavy atom. The summed E-state index contributed by atoms with van der Waals surface area (Å²) in [4.78, 5) is 4.18. The molecule has 6 N–H and O–H groups in total. The molecular weight excluding hydrogens is 322 g/mol. The Hall–Kier alpha value is -2.00. The van der Waals surface area contributed by atoms with Crippen molar-refractivity contribution in [1.82, 2.24) is 11.1 Å². The minimum atomic E-state index is -4.35. The molecule has 0 unspecified atom stereocenters. The quantitative estimate of drug-likeness (QED) is 0.486. The van der Waals surface area contributed by atoms with Crippen LogP contribution < -0.4 is 11.9 Å². The molecule has 0 aliphatic rings. The van der Waals surface area contributed by atoms with Crippen molar-refractivity contribution in [1.29, 1.82) is 0 Å². The maximum absolute atomic E-state index is 11.3. The number of nitrogens with zero attached hydrogens (tertiary/aromatic N) is 1. The van der Waals surface area contributed by atoms with Gasteiger partial charge in [0.25, 0.3) is 10.1 Å². The van der Waals surface area contributed by atoms with Gasteiger partial charge in [0.05, 0.1) is 15.9 Å². The Kier molecular flexibility index (Phi) is 4.21. The molecule has 0 radical (unpaired) electrons. The summed E-state index contributed by atoms with van der Waals surface area (Å²) in [5, 5.41) is 0.681. The summed E-state index contributed by atoms with van der Waals surface area (Å²) in [6.45, 7) is 2.00. The zero-order valence-corrected chi connectivity index (χ0v) is 13.4. The normalized spacial score (nSPS) is 11.4. The van der Waals surface area contributed by atoms with Crippen LogP contribution in [-0.2, 0) is 10.1 Å². The molecule has 0 fully saturated rings. The highest BCUT2D eigenvalue weighted by Crippen LogP contribution is 2.33. The van der Waals surface area contributed by atoms with Gasteiger partial charge in [-0.3, -0.25) is 4.55 Å². The molecule has 0 aliphatic heterocycles. The van der Waals surface area contributed by atoms with Crippen LogP contribution in [0.4, 0.5) is 5.69 Å².